The summed E-state index contributed by atoms with van der Waals surface area (Å²) in [7, 11) is -3.85. The normalized spacial score (nSPS) is 11.8. The van der Waals surface area contributed by atoms with Crippen molar-refractivity contribution < 1.29 is 8.42 Å². The van der Waals surface area contributed by atoms with Gasteiger partial charge in [0, 0.05) is 22.8 Å². The average molecular weight is 355 g/mol. The molecule has 0 bridgehead atoms. The van der Waals surface area contributed by atoms with E-state index < -0.39 is 10.0 Å². The van der Waals surface area contributed by atoms with Crippen LogP contribution in [-0.2, 0) is 16.6 Å². The summed E-state index contributed by atoms with van der Waals surface area (Å²) in [5, 5.41) is 6.74. The maximum absolute atomic E-state index is 12.2. The van der Waals surface area contributed by atoms with Gasteiger partial charge in [0.2, 0.25) is 10.0 Å². The lowest BCUT2D eigenvalue weighted by Gasteiger charge is -2.10. The summed E-state index contributed by atoms with van der Waals surface area (Å²) in [4.78, 5) is -0.189. The lowest BCUT2D eigenvalue weighted by atomic mass is 10.3. The van der Waals surface area contributed by atoms with Gasteiger partial charge in [0.25, 0.3) is 0 Å². The number of benzene rings is 1. The van der Waals surface area contributed by atoms with E-state index in [-0.39, 0.29) is 26.5 Å². The zero-order valence-electron chi connectivity index (χ0n) is 10.2. The van der Waals surface area contributed by atoms with E-state index >= 15 is 0 Å². The van der Waals surface area contributed by atoms with Crippen LogP contribution in [0.15, 0.2) is 23.2 Å². The number of nitrogens with zero attached hydrogens (tertiary/aromatic N) is 1. The van der Waals surface area contributed by atoms with Crippen LogP contribution in [-0.4, -0.2) is 18.6 Å². The number of sulfonamides is 1. The molecule has 1 aromatic heterocycles. The van der Waals surface area contributed by atoms with Crippen LogP contribution in [0, 0.1) is 6.92 Å². The van der Waals surface area contributed by atoms with Crippen LogP contribution in [0.4, 0.5) is 0 Å². The van der Waals surface area contributed by atoms with E-state index in [2.05, 4.69) is 14.9 Å². The molecule has 0 saturated heterocycles. The molecule has 0 saturated carbocycles. The van der Waals surface area contributed by atoms with E-state index in [0.717, 1.165) is 11.3 Å². The second-order valence-electron chi connectivity index (χ2n) is 4.04. The average Bonchev–Trinajstić information content (AvgIpc) is 2.70. The Morgan fingerprint density at radius 1 is 1.25 bits per heavy atom. The Kier molecular flexibility index (Phi) is 4.61. The molecular formula is C11H10Cl3N3O2S. The summed E-state index contributed by atoms with van der Waals surface area (Å²) in [5.41, 5.74) is 1.51. The maximum atomic E-state index is 12.2. The quantitative estimate of drug-likeness (QED) is 0.885. The molecule has 2 aromatic rings. The lowest BCUT2D eigenvalue weighted by molar-refractivity contribution is 0.581. The van der Waals surface area contributed by atoms with Gasteiger partial charge >= 0.3 is 0 Å². The minimum absolute atomic E-state index is 0.0288. The highest BCUT2D eigenvalue weighted by Gasteiger charge is 2.22. The van der Waals surface area contributed by atoms with Gasteiger partial charge in [0.05, 0.1) is 16.2 Å². The summed E-state index contributed by atoms with van der Waals surface area (Å²) in [6, 6.07) is 2.65. The van der Waals surface area contributed by atoms with Crippen molar-refractivity contribution in [1.82, 2.24) is 14.9 Å². The van der Waals surface area contributed by atoms with Gasteiger partial charge in [-0.05, 0) is 19.1 Å². The van der Waals surface area contributed by atoms with Crippen molar-refractivity contribution in [2.45, 2.75) is 18.4 Å². The maximum Gasteiger partial charge on any atom is 0.243 e. The second-order valence-corrected chi connectivity index (χ2v) is 7.00. The fourth-order valence-electron chi connectivity index (χ4n) is 1.58. The number of aromatic nitrogens is 2. The van der Waals surface area contributed by atoms with E-state index in [1.807, 2.05) is 0 Å². The first-order chi connectivity index (χ1) is 9.31. The Morgan fingerprint density at radius 2 is 1.85 bits per heavy atom. The van der Waals surface area contributed by atoms with Crippen molar-refractivity contribution in [3.63, 3.8) is 0 Å². The van der Waals surface area contributed by atoms with Gasteiger partial charge in [0.1, 0.15) is 4.90 Å². The number of hydrogen-bond acceptors (Lipinski definition) is 3. The van der Waals surface area contributed by atoms with Gasteiger partial charge in [-0.2, -0.15) is 5.10 Å². The van der Waals surface area contributed by atoms with Crippen molar-refractivity contribution in [2.75, 3.05) is 0 Å². The monoisotopic (exact) mass is 353 g/mol. The zero-order valence-corrected chi connectivity index (χ0v) is 13.3. The molecule has 0 amide bonds. The van der Waals surface area contributed by atoms with Crippen LogP contribution in [0.3, 0.4) is 0 Å². The lowest BCUT2D eigenvalue weighted by Crippen LogP contribution is -2.24. The van der Waals surface area contributed by atoms with E-state index in [9.17, 15) is 8.42 Å². The van der Waals surface area contributed by atoms with Crippen molar-refractivity contribution in [1.29, 1.82) is 0 Å². The minimum atomic E-state index is -3.85. The molecule has 0 atom stereocenters. The second kappa shape index (κ2) is 5.91. The van der Waals surface area contributed by atoms with Gasteiger partial charge in [-0.15, -0.1) is 0 Å². The first kappa shape index (κ1) is 15.6. The van der Waals surface area contributed by atoms with Crippen LogP contribution in [0.1, 0.15) is 11.3 Å². The largest absolute Gasteiger partial charge is 0.283 e. The topological polar surface area (TPSA) is 74.8 Å². The number of aromatic amines is 1. The van der Waals surface area contributed by atoms with Crippen LogP contribution < -0.4 is 4.72 Å². The van der Waals surface area contributed by atoms with Crippen LogP contribution in [0.25, 0.3) is 0 Å². The van der Waals surface area contributed by atoms with E-state index in [4.69, 9.17) is 34.8 Å². The van der Waals surface area contributed by atoms with Gasteiger partial charge in [-0.1, -0.05) is 34.8 Å². The first-order valence-electron chi connectivity index (χ1n) is 5.44. The van der Waals surface area contributed by atoms with Gasteiger partial charge < -0.3 is 0 Å². The number of rotatable bonds is 4. The molecule has 2 N–H and O–H groups in total. The summed E-state index contributed by atoms with van der Waals surface area (Å²) >= 11 is 17.6. The molecule has 0 aliphatic carbocycles. The highest BCUT2D eigenvalue weighted by atomic mass is 35.5. The molecule has 5 nitrogen and oxygen atoms in total. The molecule has 1 aromatic carbocycles. The number of H-pyrrole nitrogens is 1. The third kappa shape index (κ3) is 3.27. The molecule has 0 aliphatic heterocycles. The Morgan fingerprint density at radius 3 is 2.35 bits per heavy atom. The van der Waals surface area contributed by atoms with Gasteiger partial charge in [-0.25, -0.2) is 13.1 Å². The van der Waals surface area contributed by atoms with Crippen molar-refractivity contribution in [2.24, 2.45) is 0 Å². The molecule has 0 spiro atoms. The number of nitrogens with one attached hydrogen (secondary N) is 2. The number of halogens is 3. The zero-order chi connectivity index (χ0) is 14.9. The Balaban J connectivity index is 2.30. The highest BCUT2D eigenvalue weighted by Crippen LogP contribution is 2.32. The molecule has 0 fully saturated rings. The summed E-state index contributed by atoms with van der Waals surface area (Å²) in [6.07, 6.45) is 1.54. The predicted octanol–water partition coefficient (Wildman–Crippen LogP) is 3.16. The highest BCUT2D eigenvalue weighted by molar-refractivity contribution is 7.89. The molecule has 0 unspecified atom stereocenters. The summed E-state index contributed by atoms with van der Waals surface area (Å²) in [6.45, 7) is 1.87. The standard InChI is InChI=1S/C11H10Cl3N3O2S/c1-6-7(4-15-17-6)5-16-20(18,19)11-9(13)2-8(12)3-10(11)14/h2-4,16H,5H2,1H3,(H,15,17). The van der Waals surface area contributed by atoms with Crippen molar-refractivity contribution >= 4 is 44.8 Å². The van der Waals surface area contributed by atoms with Crippen molar-refractivity contribution in [3.8, 4) is 0 Å². The molecule has 0 radical (unpaired) electrons. The fourth-order valence-corrected chi connectivity index (χ4v) is 4.13. The van der Waals surface area contributed by atoms with E-state index in [0.29, 0.717) is 0 Å². The Labute approximate surface area is 131 Å². The molecule has 108 valence electrons. The molecule has 20 heavy (non-hydrogen) atoms. The van der Waals surface area contributed by atoms with Crippen LogP contribution >= 0.6 is 34.8 Å². The molecule has 0 aliphatic rings. The number of hydrogen-bond donors (Lipinski definition) is 2. The minimum Gasteiger partial charge on any atom is -0.283 e. The smallest absolute Gasteiger partial charge is 0.243 e. The van der Waals surface area contributed by atoms with Gasteiger partial charge in [-0.3, -0.25) is 5.10 Å². The number of aryl methyl sites for hydroxylation is 1. The van der Waals surface area contributed by atoms with Crippen LogP contribution in [0.5, 0.6) is 0 Å². The Hall–Kier alpha value is -0.790. The third-order valence-electron chi connectivity index (χ3n) is 2.62. The SMILES string of the molecule is Cc1[nH]ncc1CNS(=O)(=O)c1c(Cl)cc(Cl)cc1Cl. The van der Waals surface area contributed by atoms with E-state index in [1.165, 1.54) is 12.1 Å². The molecular weight excluding hydrogens is 345 g/mol. The van der Waals surface area contributed by atoms with Crippen molar-refractivity contribution in [3.05, 3.63) is 44.7 Å². The molecule has 9 heteroatoms. The summed E-state index contributed by atoms with van der Waals surface area (Å²) in [5.74, 6) is 0. The van der Waals surface area contributed by atoms with Gasteiger partial charge in [0.15, 0.2) is 0 Å². The third-order valence-corrected chi connectivity index (χ3v) is 5.16. The summed E-state index contributed by atoms with van der Waals surface area (Å²) < 4.78 is 26.9. The van der Waals surface area contributed by atoms with Crippen LogP contribution in [0.2, 0.25) is 15.1 Å². The molecule has 2 rings (SSSR count). The first-order valence-corrected chi connectivity index (χ1v) is 8.06. The predicted molar refractivity (Wildman–Crippen MR) is 78.8 cm³/mol. The Bertz CT molecular complexity index is 720. The molecule has 1 heterocycles. The fraction of sp³-hybridized carbons (Fsp3) is 0.182. The van der Waals surface area contributed by atoms with E-state index in [1.54, 1.807) is 13.1 Å².